The molecule has 1 N–H and O–H groups in total. The number of carbonyl (C=O) groups is 1. The van der Waals surface area contributed by atoms with Gasteiger partial charge in [-0.2, -0.15) is 0 Å². The number of thiophene rings is 1. The number of aryl methyl sites for hydroxylation is 2. The van der Waals surface area contributed by atoms with E-state index in [0.717, 1.165) is 11.3 Å². The maximum atomic E-state index is 13.1. The van der Waals surface area contributed by atoms with Gasteiger partial charge in [0.2, 0.25) is 5.91 Å². The van der Waals surface area contributed by atoms with Crippen molar-refractivity contribution >= 4 is 44.9 Å². The minimum Gasteiger partial charge on any atom is -0.325 e. The van der Waals surface area contributed by atoms with E-state index in [-0.39, 0.29) is 17.2 Å². The van der Waals surface area contributed by atoms with E-state index in [1.165, 1.54) is 34.2 Å². The molecule has 7 heteroatoms. The second kappa shape index (κ2) is 8.85. The number of thioether (sulfide) groups is 1. The average molecular weight is 436 g/mol. The Kier molecular flexibility index (Phi) is 6.01. The molecule has 0 radical (unpaired) electrons. The number of fused-ring (bicyclic) bond motifs is 1. The monoisotopic (exact) mass is 435 g/mol. The number of rotatable bonds is 6. The minimum absolute atomic E-state index is 0.0702. The van der Waals surface area contributed by atoms with Crippen LogP contribution in [0, 0.1) is 13.8 Å². The van der Waals surface area contributed by atoms with E-state index in [4.69, 9.17) is 0 Å². The van der Waals surface area contributed by atoms with Crippen molar-refractivity contribution in [3.05, 3.63) is 87.0 Å². The van der Waals surface area contributed by atoms with Crippen molar-refractivity contribution in [1.82, 2.24) is 9.55 Å². The van der Waals surface area contributed by atoms with Gasteiger partial charge in [-0.15, -0.1) is 11.3 Å². The second-order valence-corrected chi connectivity index (χ2v) is 8.90. The van der Waals surface area contributed by atoms with Gasteiger partial charge in [-0.05, 0) is 54.1 Å². The van der Waals surface area contributed by atoms with Crippen LogP contribution >= 0.6 is 23.1 Å². The number of para-hydroxylation sites is 1. The summed E-state index contributed by atoms with van der Waals surface area (Å²) in [5.74, 6) is 0.0350. The van der Waals surface area contributed by atoms with Crippen LogP contribution in [0.25, 0.3) is 10.2 Å². The van der Waals surface area contributed by atoms with Gasteiger partial charge in [0.05, 0.1) is 17.8 Å². The molecule has 4 aromatic rings. The number of hydrogen-bond donors (Lipinski definition) is 1. The molecule has 5 nitrogen and oxygen atoms in total. The van der Waals surface area contributed by atoms with Crippen LogP contribution in [0.5, 0.6) is 0 Å². The van der Waals surface area contributed by atoms with Crippen LogP contribution in [0.3, 0.4) is 0 Å². The molecular weight excluding hydrogens is 414 g/mol. The van der Waals surface area contributed by atoms with E-state index in [2.05, 4.69) is 36.3 Å². The molecule has 0 saturated carbocycles. The van der Waals surface area contributed by atoms with Crippen LogP contribution in [0.4, 0.5) is 5.69 Å². The standard InChI is InChI=1S/C23H21N3O2S2/c1-15-8-9-17(12-16(15)2)13-26-22(28)21-19(10-11-29-21)25-23(26)30-14-20(27)24-18-6-4-3-5-7-18/h3-12H,13-14H2,1-2H3,(H,24,27). The number of amides is 1. The fraction of sp³-hybridized carbons (Fsp3) is 0.174. The Balaban J connectivity index is 1.61. The molecule has 0 unspecified atom stereocenters. The molecule has 152 valence electrons. The second-order valence-electron chi connectivity index (χ2n) is 7.04. The van der Waals surface area contributed by atoms with Gasteiger partial charge >= 0.3 is 0 Å². The molecule has 2 heterocycles. The Morgan fingerprint density at radius 2 is 1.90 bits per heavy atom. The normalized spacial score (nSPS) is 11.0. The molecule has 4 rings (SSSR count). The first-order valence-electron chi connectivity index (χ1n) is 9.53. The summed E-state index contributed by atoms with van der Waals surface area (Å²) in [4.78, 5) is 30.2. The van der Waals surface area contributed by atoms with Gasteiger partial charge in [0.25, 0.3) is 5.56 Å². The van der Waals surface area contributed by atoms with Crippen molar-refractivity contribution in [2.45, 2.75) is 25.5 Å². The smallest absolute Gasteiger partial charge is 0.272 e. The van der Waals surface area contributed by atoms with Gasteiger partial charge in [0, 0.05) is 5.69 Å². The Hall–Kier alpha value is -2.90. The predicted octanol–water partition coefficient (Wildman–Crippen LogP) is 4.85. The lowest BCUT2D eigenvalue weighted by molar-refractivity contribution is -0.113. The van der Waals surface area contributed by atoms with Crippen LogP contribution < -0.4 is 10.9 Å². The average Bonchev–Trinajstić information content (AvgIpc) is 3.21. The largest absolute Gasteiger partial charge is 0.325 e. The summed E-state index contributed by atoms with van der Waals surface area (Å²) < 4.78 is 2.31. The van der Waals surface area contributed by atoms with E-state index in [1.54, 1.807) is 4.57 Å². The number of anilines is 1. The zero-order chi connectivity index (χ0) is 21.1. The number of hydrogen-bond acceptors (Lipinski definition) is 5. The Morgan fingerprint density at radius 3 is 2.67 bits per heavy atom. The van der Waals surface area contributed by atoms with E-state index in [9.17, 15) is 9.59 Å². The number of aromatic nitrogens is 2. The minimum atomic E-state index is -0.136. The molecule has 0 saturated heterocycles. The van der Waals surface area contributed by atoms with Gasteiger partial charge < -0.3 is 5.32 Å². The SMILES string of the molecule is Cc1ccc(Cn2c(SCC(=O)Nc3ccccc3)nc3ccsc3c2=O)cc1C. The lowest BCUT2D eigenvalue weighted by atomic mass is 10.1. The van der Waals surface area contributed by atoms with Gasteiger partial charge in [0.1, 0.15) is 4.70 Å². The summed E-state index contributed by atoms with van der Waals surface area (Å²) in [5, 5.41) is 5.29. The van der Waals surface area contributed by atoms with Crippen molar-refractivity contribution in [3.63, 3.8) is 0 Å². The van der Waals surface area contributed by atoms with Crippen LogP contribution in [-0.2, 0) is 11.3 Å². The third-order valence-electron chi connectivity index (χ3n) is 4.83. The summed E-state index contributed by atoms with van der Waals surface area (Å²) in [6.07, 6.45) is 0. The topological polar surface area (TPSA) is 64.0 Å². The van der Waals surface area contributed by atoms with Gasteiger partial charge in [-0.1, -0.05) is 48.2 Å². The fourth-order valence-corrected chi connectivity index (χ4v) is 4.68. The maximum absolute atomic E-state index is 13.1. The number of nitrogens with one attached hydrogen (secondary N) is 1. The Morgan fingerprint density at radius 1 is 1.10 bits per heavy atom. The molecule has 0 aliphatic carbocycles. The molecule has 0 aliphatic rings. The predicted molar refractivity (Wildman–Crippen MR) is 125 cm³/mol. The maximum Gasteiger partial charge on any atom is 0.272 e. The Labute approximate surface area is 182 Å². The first kappa shape index (κ1) is 20.4. The molecule has 2 aromatic carbocycles. The zero-order valence-corrected chi connectivity index (χ0v) is 18.3. The van der Waals surface area contributed by atoms with Crippen LogP contribution in [0.2, 0.25) is 0 Å². The molecule has 0 aliphatic heterocycles. The van der Waals surface area contributed by atoms with E-state index >= 15 is 0 Å². The van der Waals surface area contributed by atoms with E-state index < -0.39 is 0 Å². The first-order valence-corrected chi connectivity index (χ1v) is 11.4. The number of nitrogens with zero attached hydrogens (tertiary/aromatic N) is 2. The Bertz CT molecular complexity index is 1260. The molecule has 0 atom stereocenters. The fourth-order valence-electron chi connectivity index (χ4n) is 3.11. The van der Waals surface area contributed by atoms with E-state index in [1.807, 2.05) is 47.8 Å². The lowest BCUT2D eigenvalue weighted by Gasteiger charge is -2.13. The third kappa shape index (κ3) is 4.47. The summed E-state index contributed by atoms with van der Waals surface area (Å²) in [5.41, 5.74) is 4.78. The molecule has 0 spiro atoms. The number of carbonyl (C=O) groups excluding carboxylic acids is 1. The highest BCUT2D eigenvalue weighted by molar-refractivity contribution is 7.99. The zero-order valence-electron chi connectivity index (χ0n) is 16.7. The van der Waals surface area contributed by atoms with Gasteiger partial charge in [-0.3, -0.25) is 14.2 Å². The van der Waals surface area contributed by atoms with Gasteiger partial charge in [0.15, 0.2) is 5.16 Å². The summed E-state index contributed by atoms with van der Waals surface area (Å²) >= 11 is 2.67. The lowest BCUT2D eigenvalue weighted by Crippen LogP contribution is -2.24. The van der Waals surface area contributed by atoms with Crippen molar-refractivity contribution in [3.8, 4) is 0 Å². The highest BCUT2D eigenvalue weighted by Crippen LogP contribution is 2.22. The molecule has 2 aromatic heterocycles. The molecule has 30 heavy (non-hydrogen) atoms. The van der Waals surface area contributed by atoms with Crippen LogP contribution in [0.15, 0.2) is 69.9 Å². The first-order chi connectivity index (χ1) is 14.5. The molecule has 0 fully saturated rings. The van der Waals surface area contributed by atoms with Crippen molar-refractivity contribution in [2.75, 3.05) is 11.1 Å². The molecule has 0 bridgehead atoms. The quantitative estimate of drug-likeness (QED) is 0.347. The van der Waals surface area contributed by atoms with Crippen molar-refractivity contribution in [2.24, 2.45) is 0 Å². The van der Waals surface area contributed by atoms with Crippen molar-refractivity contribution in [1.29, 1.82) is 0 Å². The van der Waals surface area contributed by atoms with Gasteiger partial charge in [-0.25, -0.2) is 4.98 Å². The third-order valence-corrected chi connectivity index (χ3v) is 6.70. The summed E-state index contributed by atoms with van der Waals surface area (Å²) in [7, 11) is 0. The van der Waals surface area contributed by atoms with Crippen molar-refractivity contribution < 1.29 is 4.79 Å². The highest BCUT2D eigenvalue weighted by Gasteiger charge is 2.15. The highest BCUT2D eigenvalue weighted by atomic mass is 32.2. The number of benzene rings is 2. The van der Waals surface area contributed by atoms with Crippen LogP contribution in [0.1, 0.15) is 16.7 Å². The molecular formula is C23H21N3O2S2. The summed E-state index contributed by atoms with van der Waals surface area (Å²) in [6.45, 7) is 4.55. The van der Waals surface area contributed by atoms with Crippen LogP contribution in [-0.4, -0.2) is 21.2 Å². The van der Waals surface area contributed by atoms with E-state index in [0.29, 0.717) is 21.9 Å². The summed E-state index contributed by atoms with van der Waals surface area (Å²) in [6, 6.07) is 17.4. The molecule has 1 amide bonds.